The van der Waals surface area contributed by atoms with Crippen LogP contribution in [0.4, 0.5) is 5.69 Å². The Bertz CT molecular complexity index is 920. The summed E-state index contributed by atoms with van der Waals surface area (Å²) in [5.41, 5.74) is 3.60. The molecule has 1 aliphatic rings. The molecule has 2 aromatic carbocycles. The van der Waals surface area contributed by atoms with Crippen molar-refractivity contribution in [2.75, 3.05) is 45.3 Å². The highest BCUT2D eigenvalue weighted by molar-refractivity contribution is 7.89. The Morgan fingerprint density at radius 3 is 2.19 bits per heavy atom. The van der Waals surface area contributed by atoms with Crippen LogP contribution in [0.2, 0.25) is 0 Å². The summed E-state index contributed by atoms with van der Waals surface area (Å²) in [7, 11) is -0.625. The minimum Gasteiger partial charge on any atom is -0.497 e. The maximum atomic E-state index is 13.1. The number of piperazine rings is 1. The molecule has 0 atom stereocenters. The van der Waals surface area contributed by atoms with Gasteiger partial charge in [-0.2, -0.15) is 4.31 Å². The fourth-order valence-corrected chi connectivity index (χ4v) is 5.02. The number of rotatable bonds is 5. The molecule has 1 aliphatic heterocycles. The Morgan fingerprint density at radius 2 is 1.59 bits per heavy atom. The molecule has 2 aromatic rings. The van der Waals surface area contributed by atoms with Crippen LogP contribution in [0.3, 0.4) is 0 Å². The van der Waals surface area contributed by atoms with Crippen LogP contribution in [0, 0.1) is 13.8 Å². The predicted octanol–water partition coefficient (Wildman–Crippen LogP) is 2.83. The smallest absolute Gasteiger partial charge is 0.246 e. The van der Waals surface area contributed by atoms with Crippen molar-refractivity contribution in [1.29, 1.82) is 0 Å². The number of hydrogen-bond donors (Lipinski definition) is 0. The van der Waals surface area contributed by atoms with Crippen molar-refractivity contribution in [1.82, 2.24) is 4.31 Å². The number of aryl methyl sites for hydroxylation is 2. The Hall–Kier alpha value is -2.25. The largest absolute Gasteiger partial charge is 0.497 e. The summed E-state index contributed by atoms with van der Waals surface area (Å²) in [6.07, 6.45) is 0. The van der Waals surface area contributed by atoms with Gasteiger partial charge in [0.05, 0.1) is 14.2 Å². The maximum absolute atomic E-state index is 13.1. The molecule has 7 heteroatoms. The van der Waals surface area contributed by atoms with Crippen molar-refractivity contribution >= 4 is 15.7 Å². The van der Waals surface area contributed by atoms with Crippen LogP contribution in [0.1, 0.15) is 11.1 Å². The zero-order chi connectivity index (χ0) is 19.6. The number of benzene rings is 2. The zero-order valence-electron chi connectivity index (χ0n) is 16.2. The second kappa shape index (κ2) is 7.78. The first-order valence-electron chi connectivity index (χ1n) is 8.91. The van der Waals surface area contributed by atoms with Gasteiger partial charge in [0.25, 0.3) is 0 Å². The van der Waals surface area contributed by atoms with Crippen molar-refractivity contribution in [2.45, 2.75) is 18.7 Å². The van der Waals surface area contributed by atoms with Crippen molar-refractivity contribution in [3.05, 3.63) is 47.5 Å². The molecule has 0 aliphatic carbocycles. The molecular formula is C20H26N2O4S. The van der Waals surface area contributed by atoms with Gasteiger partial charge in [-0.15, -0.1) is 0 Å². The van der Waals surface area contributed by atoms with E-state index in [2.05, 4.69) is 36.9 Å². The fourth-order valence-electron chi connectivity index (χ4n) is 3.46. The van der Waals surface area contributed by atoms with E-state index in [9.17, 15) is 8.42 Å². The van der Waals surface area contributed by atoms with Crippen LogP contribution >= 0.6 is 0 Å². The highest BCUT2D eigenvalue weighted by atomic mass is 32.2. The second-order valence-electron chi connectivity index (χ2n) is 6.70. The molecule has 0 bridgehead atoms. The lowest BCUT2D eigenvalue weighted by atomic mass is 10.1. The number of methoxy groups -OCH3 is 2. The van der Waals surface area contributed by atoms with Gasteiger partial charge >= 0.3 is 0 Å². The van der Waals surface area contributed by atoms with Crippen molar-refractivity contribution in [3.63, 3.8) is 0 Å². The lowest BCUT2D eigenvalue weighted by Crippen LogP contribution is -2.48. The van der Waals surface area contributed by atoms with E-state index in [0.29, 0.717) is 37.7 Å². The number of sulfonamides is 1. The maximum Gasteiger partial charge on any atom is 0.246 e. The lowest BCUT2D eigenvalue weighted by Gasteiger charge is -2.36. The van der Waals surface area contributed by atoms with Crippen LogP contribution in [-0.4, -0.2) is 53.1 Å². The van der Waals surface area contributed by atoms with Crippen LogP contribution in [0.25, 0.3) is 0 Å². The molecule has 0 spiro atoms. The van der Waals surface area contributed by atoms with Gasteiger partial charge in [0, 0.05) is 37.9 Å². The third-order valence-electron chi connectivity index (χ3n) is 4.92. The topological polar surface area (TPSA) is 59.1 Å². The summed E-state index contributed by atoms with van der Waals surface area (Å²) in [4.78, 5) is 2.41. The molecule has 6 nitrogen and oxygen atoms in total. The number of nitrogens with zero attached hydrogens (tertiary/aromatic N) is 2. The third kappa shape index (κ3) is 3.89. The summed E-state index contributed by atoms with van der Waals surface area (Å²) >= 11 is 0. The third-order valence-corrected chi connectivity index (χ3v) is 6.86. The van der Waals surface area contributed by atoms with E-state index in [1.54, 1.807) is 18.2 Å². The minimum atomic E-state index is -3.63. The van der Waals surface area contributed by atoms with Gasteiger partial charge in [-0.05, 0) is 37.6 Å². The summed E-state index contributed by atoms with van der Waals surface area (Å²) in [5, 5.41) is 0. The molecule has 0 aromatic heterocycles. The molecule has 0 saturated carbocycles. The minimum absolute atomic E-state index is 0.172. The monoisotopic (exact) mass is 390 g/mol. The standard InChI is InChI=1S/C20H26N2O4S/c1-15-5-7-18(16(2)13-15)21-9-11-22(12-10-21)27(23,24)20-8-6-17(25-3)14-19(20)26-4/h5-8,13-14H,9-12H2,1-4H3. The number of anilines is 1. The van der Waals surface area contributed by atoms with Gasteiger partial charge < -0.3 is 14.4 Å². The number of hydrogen-bond acceptors (Lipinski definition) is 5. The average Bonchev–Trinajstić information content (AvgIpc) is 2.67. The first kappa shape index (κ1) is 19.5. The second-order valence-corrected chi connectivity index (χ2v) is 8.60. The van der Waals surface area contributed by atoms with E-state index in [4.69, 9.17) is 9.47 Å². The van der Waals surface area contributed by atoms with Crippen LogP contribution in [0.5, 0.6) is 11.5 Å². The highest BCUT2D eigenvalue weighted by Crippen LogP contribution is 2.31. The van der Waals surface area contributed by atoms with E-state index in [1.165, 1.54) is 35.3 Å². The first-order valence-corrected chi connectivity index (χ1v) is 10.3. The average molecular weight is 391 g/mol. The van der Waals surface area contributed by atoms with E-state index in [1.807, 2.05) is 0 Å². The molecule has 0 amide bonds. The van der Waals surface area contributed by atoms with Gasteiger partial charge in [0.2, 0.25) is 10.0 Å². The molecule has 1 fully saturated rings. The molecule has 0 unspecified atom stereocenters. The molecule has 3 rings (SSSR count). The first-order chi connectivity index (χ1) is 12.9. The molecule has 1 saturated heterocycles. The van der Waals surface area contributed by atoms with Crippen molar-refractivity contribution in [2.24, 2.45) is 0 Å². The molecule has 0 N–H and O–H groups in total. The number of ether oxygens (including phenoxy) is 2. The van der Waals surface area contributed by atoms with E-state index in [0.717, 1.165) is 0 Å². The Labute approximate surface area is 161 Å². The van der Waals surface area contributed by atoms with Gasteiger partial charge in [0.15, 0.2) is 0 Å². The Kier molecular flexibility index (Phi) is 5.62. The van der Waals surface area contributed by atoms with Crippen LogP contribution in [-0.2, 0) is 10.0 Å². The molecule has 27 heavy (non-hydrogen) atoms. The highest BCUT2D eigenvalue weighted by Gasteiger charge is 2.31. The Balaban J connectivity index is 1.79. The zero-order valence-corrected chi connectivity index (χ0v) is 17.0. The van der Waals surface area contributed by atoms with E-state index in [-0.39, 0.29) is 4.90 Å². The quantitative estimate of drug-likeness (QED) is 0.786. The SMILES string of the molecule is COc1ccc(S(=O)(=O)N2CCN(c3ccc(C)cc3C)CC2)c(OC)c1. The summed E-state index contributed by atoms with van der Waals surface area (Å²) in [6, 6.07) is 11.1. The van der Waals surface area contributed by atoms with E-state index >= 15 is 0 Å². The normalized spacial score (nSPS) is 15.6. The molecular weight excluding hydrogens is 364 g/mol. The molecule has 1 heterocycles. The van der Waals surface area contributed by atoms with Gasteiger partial charge in [-0.25, -0.2) is 8.42 Å². The van der Waals surface area contributed by atoms with Gasteiger partial charge in [0.1, 0.15) is 16.4 Å². The van der Waals surface area contributed by atoms with Gasteiger partial charge in [-0.3, -0.25) is 0 Å². The molecule has 0 radical (unpaired) electrons. The summed E-state index contributed by atoms with van der Waals surface area (Å²) < 4.78 is 38.2. The van der Waals surface area contributed by atoms with Crippen LogP contribution < -0.4 is 14.4 Å². The van der Waals surface area contributed by atoms with Crippen molar-refractivity contribution < 1.29 is 17.9 Å². The van der Waals surface area contributed by atoms with Crippen LogP contribution in [0.15, 0.2) is 41.3 Å². The Morgan fingerprint density at radius 1 is 0.889 bits per heavy atom. The van der Waals surface area contributed by atoms with Crippen molar-refractivity contribution in [3.8, 4) is 11.5 Å². The van der Waals surface area contributed by atoms with E-state index < -0.39 is 10.0 Å². The fraction of sp³-hybridized carbons (Fsp3) is 0.400. The summed E-state index contributed by atoms with van der Waals surface area (Å²) in [5.74, 6) is 0.858. The predicted molar refractivity (Wildman–Crippen MR) is 106 cm³/mol. The summed E-state index contributed by atoms with van der Waals surface area (Å²) in [6.45, 7) is 6.34. The van der Waals surface area contributed by atoms with Gasteiger partial charge in [-0.1, -0.05) is 17.7 Å². The lowest BCUT2D eigenvalue weighted by molar-refractivity contribution is 0.370. The molecule has 146 valence electrons.